The summed E-state index contributed by atoms with van der Waals surface area (Å²) in [6.45, 7) is 2.61. The van der Waals surface area contributed by atoms with Crippen LogP contribution in [0.15, 0.2) is 23.0 Å². The van der Waals surface area contributed by atoms with Crippen molar-refractivity contribution in [2.75, 3.05) is 23.7 Å². The molecule has 1 fully saturated rings. The molecule has 0 radical (unpaired) electrons. The monoisotopic (exact) mass is 289 g/mol. The van der Waals surface area contributed by atoms with Crippen molar-refractivity contribution in [3.8, 4) is 0 Å². The van der Waals surface area contributed by atoms with Crippen molar-refractivity contribution in [3.05, 3.63) is 34.2 Å². The van der Waals surface area contributed by atoms with E-state index in [4.69, 9.17) is 5.73 Å². The number of nitrogen functional groups attached to an aromatic ring is 1. The van der Waals surface area contributed by atoms with Gasteiger partial charge in [0.15, 0.2) is 0 Å². The zero-order valence-corrected chi connectivity index (χ0v) is 11.7. The normalized spacial score (nSPS) is 24.5. The molecule has 2 N–H and O–H groups in total. The van der Waals surface area contributed by atoms with Crippen LogP contribution >= 0.6 is 11.3 Å². The van der Waals surface area contributed by atoms with Gasteiger partial charge in [0.05, 0.1) is 0 Å². The number of piperidine rings is 1. The molecule has 0 aromatic carbocycles. The van der Waals surface area contributed by atoms with Crippen molar-refractivity contribution in [2.24, 2.45) is 5.92 Å². The molecule has 0 spiro atoms. The Labute approximate surface area is 119 Å². The second-order valence-electron chi connectivity index (χ2n) is 5.53. The first-order chi connectivity index (χ1) is 9.70. The number of rotatable bonds is 1. The van der Waals surface area contributed by atoms with Crippen LogP contribution in [0.25, 0.3) is 0 Å². The van der Waals surface area contributed by atoms with Crippen LogP contribution in [0.5, 0.6) is 0 Å². The summed E-state index contributed by atoms with van der Waals surface area (Å²) in [7, 11) is 0. The Kier molecular flexibility index (Phi) is 2.56. The molecule has 6 nitrogen and oxygen atoms in total. The average molecular weight is 289 g/mol. The van der Waals surface area contributed by atoms with Crippen molar-refractivity contribution >= 4 is 21.6 Å². The zero-order valence-electron chi connectivity index (χ0n) is 10.9. The molecule has 2 aromatic rings. The van der Waals surface area contributed by atoms with Gasteiger partial charge in [-0.05, 0) is 18.4 Å². The minimum absolute atomic E-state index is 0.116. The highest BCUT2D eigenvalue weighted by Gasteiger charge is 2.35. The molecule has 4 heterocycles. The Morgan fingerprint density at radius 2 is 2.15 bits per heavy atom. The van der Waals surface area contributed by atoms with Crippen molar-refractivity contribution in [3.63, 3.8) is 0 Å². The smallest absolute Gasteiger partial charge is 0.250 e. The fraction of sp³-hybridized carbons (Fsp3) is 0.462. The molecule has 20 heavy (non-hydrogen) atoms. The van der Waals surface area contributed by atoms with Gasteiger partial charge in [-0.25, -0.2) is 0 Å². The maximum absolute atomic E-state index is 12.0. The van der Waals surface area contributed by atoms with Gasteiger partial charge < -0.3 is 15.2 Å². The van der Waals surface area contributed by atoms with Gasteiger partial charge in [-0.1, -0.05) is 17.4 Å². The van der Waals surface area contributed by atoms with Gasteiger partial charge in [0.2, 0.25) is 10.3 Å². The fourth-order valence-electron chi connectivity index (χ4n) is 3.41. The third-order valence-corrected chi connectivity index (χ3v) is 4.99. The Bertz CT molecular complexity index is 709. The summed E-state index contributed by atoms with van der Waals surface area (Å²) < 4.78 is 1.94. The molecule has 2 aliphatic rings. The van der Waals surface area contributed by atoms with Crippen LogP contribution in [-0.4, -0.2) is 27.9 Å². The van der Waals surface area contributed by atoms with E-state index in [1.54, 1.807) is 6.07 Å². The Balaban J connectivity index is 1.70. The topological polar surface area (TPSA) is 77.0 Å². The molecule has 104 valence electrons. The number of hydrogen-bond donors (Lipinski definition) is 1. The second-order valence-corrected chi connectivity index (χ2v) is 6.51. The van der Waals surface area contributed by atoms with Crippen molar-refractivity contribution in [1.82, 2.24) is 14.8 Å². The van der Waals surface area contributed by atoms with Crippen LogP contribution < -0.4 is 16.2 Å². The molecule has 0 unspecified atom stereocenters. The van der Waals surface area contributed by atoms with Crippen LogP contribution in [0.4, 0.5) is 10.3 Å². The number of anilines is 2. The lowest BCUT2D eigenvalue weighted by atomic mass is 9.83. The van der Waals surface area contributed by atoms with E-state index in [0.717, 1.165) is 36.9 Å². The molecule has 2 aromatic heterocycles. The van der Waals surface area contributed by atoms with Crippen molar-refractivity contribution in [2.45, 2.75) is 18.9 Å². The number of pyridine rings is 1. The fourth-order valence-corrected chi connectivity index (χ4v) is 4.04. The highest BCUT2D eigenvalue weighted by Crippen LogP contribution is 2.37. The van der Waals surface area contributed by atoms with Crippen LogP contribution in [0.1, 0.15) is 18.0 Å². The van der Waals surface area contributed by atoms with E-state index in [1.165, 1.54) is 11.3 Å². The number of aromatic nitrogens is 3. The van der Waals surface area contributed by atoms with Crippen molar-refractivity contribution < 1.29 is 0 Å². The minimum Gasteiger partial charge on any atom is -0.374 e. The molecular formula is C13H15N5OS. The van der Waals surface area contributed by atoms with Gasteiger partial charge in [0.25, 0.3) is 5.56 Å². The molecular weight excluding hydrogens is 274 g/mol. The Hall–Kier alpha value is -1.89. The number of fused-ring (bicyclic) bond motifs is 4. The molecule has 2 atom stereocenters. The first kappa shape index (κ1) is 11.9. The van der Waals surface area contributed by atoms with E-state index < -0.39 is 0 Å². The molecule has 7 heteroatoms. The molecule has 2 aliphatic heterocycles. The van der Waals surface area contributed by atoms with Gasteiger partial charge in [-0.2, -0.15) is 0 Å². The SMILES string of the molecule is Nc1nnc(N2C[C@H]3C[C@@H](C2)c2cccc(=O)n2C3)s1. The average Bonchev–Trinajstić information content (AvgIpc) is 2.87. The number of hydrogen-bond acceptors (Lipinski definition) is 6. The van der Waals surface area contributed by atoms with Crippen molar-refractivity contribution in [1.29, 1.82) is 0 Å². The largest absolute Gasteiger partial charge is 0.374 e. The molecule has 2 bridgehead atoms. The summed E-state index contributed by atoms with van der Waals surface area (Å²) in [5, 5.41) is 9.43. The number of nitrogens with two attached hydrogens (primary N) is 1. The summed E-state index contributed by atoms with van der Waals surface area (Å²) in [5.41, 5.74) is 6.94. The summed E-state index contributed by atoms with van der Waals surface area (Å²) in [6.07, 6.45) is 1.15. The highest BCUT2D eigenvalue weighted by molar-refractivity contribution is 7.18. The minimum atomic E-state index is 0.116. The molecule has 0 aliphatic carbocycles. The van der Waals surface area contributed by atoms with Gasteiger partial charge in [0, 0.05) is 37.3 Å². The predicted molar refractivity (Wildman–Crippen MR) is 78.1 cm³/mol. The highest BCUT2D eigenvalue weighted by atomic mass is 32.1. The number of nitrogens with zero attached hydrogens (tertiary/aromatic N) is 4. The molecule has 0 saturated carbocycles. The van der Waals surface area contributed by atoms with E-state index in [1.807, 2.05) is 10.6 Å². The second kappa shape index (κ2) is 4.31. The van der Waals surface area contributed by atoms with Gasteiger partial charge in [-0.15, -0.1) is 10.2 Å². The first-order valence-corrected chi connectivity index (χ1v) is 7.56. The van der Waals surface area contributed by atoms with E-state index in [0.29, 0.717) is 17.0 Å². The van der Waals surface area contributed by atoms with Crippen LogP contribution in [0.2, 0.25) is 0 Å². The third-order valence-electron chi connectivity index (χ3n) is 4.18. The lowest BCUT2D eigenvalue weighted by Gasteiger charge is -2.42. The van der Waals surface area contributed by atoms with E-state index in [-0.39, 0.29) is 5.56 Å². The summed E-state index contributed by atoms with van der Waals surface area (Å²) in [4.78, 5) is 14.2. The van der Waals surface area contributed by atoms with E-state index >= 15 is 0 Å². The predicted octanol–water partition coefficient (Wildman–Crippen LogP) is 0.906. The van der Waals surface area contributed by atoms with Crippen LogP contribution in [-0.2, 0) is 6.54 Å². The Morgan fingerprint density at radius 3 is 2.95 bits per heavy atom. The van der Waals surface area contributed by atoms with E-state index in [9.17, 15) is 4.79 Å². The van der Waals surface area contributed by atoms with Crippen LogP contribution in [0.3, 0.4) is 0 Å². The summed E-state index contributed by atoms with van der Waals surface area (Å²) in [5.74, 6) is 0.882. The third kappa shape index (κ3) is 1.81. The van der Waals surface area contributed by atoms with E-state index in [2.05, 4.69) is 21.2 Å². The maximum Gasteiger partial charge on any atom is 0.250 e. The van der Waals surface area contributed by atoms with Crippen LogP contribution in [0, 0.1) is 5.92 Å². The Morgan fingerprint density at radius 1 is 1.25 bits per heavy atom. The quantitative estimate of drug-likeness (QED) is 0.844. The van der Waals surface area contributed by atoms with Gasteiger partial charge in [-0.3, -0.25) is 4.79 Å². The van der Waals surface area contributed by atoms with Gasteiger partial charge >= 0.3 is 0 Å². The maximum atomic E-state index is 12.0. The first-order valence-electron chi connectivity index (χ1n) is 6.74. The molecule has 1 saturated heterocycles. The lowest BCUT2D eigenvalue weighted by molar-refractivity contribution is 0.281. The van der Waals surface area contributed by atoms with Gasteiger partial charge in [0.1, 0.15) is 0 Å². The zero-order chi connectivity index (χ0) is 13.7. The standard InChI is InChI=1S/C13H15N5OS/c14-12-15-16-13(20-12)17-5-8-4-9(7-17)10-2-1-3-11(19)18(10)6-8/h1-3,8-9H,4-7H2,(H2,14,15)/t8-,9+/m1/s1. The summed E-state index contributed by atoms with van der Waals surface area (Å²) in [6, 6.07) is 5.57. The lowest BCUT2D eigenvalue weighted by Crippen LogP contribution is -2.47. The molecule has 0 amide bonds. The molecule has 4 rings (SSSR count). The summed E-state index contributed by atoms with van der Waals surface area (Å²) >= 11 is 1.43.